The van der Waals surface area contributed by atoms with Crippen LogP contribution in [0.2, 0.25) is 5.02 Å². The van der Waals surface area contributed by atoms with Gasteiger partial charge in [-0.3, -0.25) is 14.3 Å². The molecule has 2 aromatic heterocycles. The molecule has 0 saturated heterocycles. The van der Waals surface area contributed by atoms with Crippen molar-refractivity contribution >= 4 is 39.4 Å². The lowest BCUT2D eigenvalue weighted by Crippen LogP contribution is -2.06. The maximum atomic E-state index is 11.8. The highest BCUT2D eigenvalue weighted by Crippen LogP contribution is 2.34. The Morgan fingerprint density at radius 3 is 2.67 bits per heavy atom. The highest BCUT2D eigenvalue weighted by atomic mass is 35.5. The van der Waals surface area contributed by atoms with Gasteiger partial charge in [0.15, 0.2) is 6.29 Å². The summed E-state index contributed by atoms with van der Waals surface area (Å²) in [5.41, 5.74) is 3.51. The Morgan fingerprint density at radius 1 is 1.33 bits per heavy atom. The zero-order valence-corrected chi connectivity index (χ0v) is 13.2. The zero-order valence-electron chi connectivity index (χ0n) is 11.7. The van der Waals surface area contributed by atoms with Crippen molar-refractivity contribution in [2.45, 2.75) is 6.92 Å². The SMILES string of the molecule is Cc1cc2sc(=O)n(C)c2cc1-c1nn(C)c(C=O)c1Cl. The molecule has 0 N–H and O–H groups in total. The number of nitrogens with zero attached hydrogens (tertiary/aromatic N) is 3. The molecule has 0 aliphatic heterocycles. The van der Waals surface area contributed by atoms with Crippen LogP contribution in [0.4, 0.5) is 0 Å². The van der Waals surface area contributed by atoms with Crippen molar-refractivity contribution in [3.8, 4) is 11.3 Å². The van der Waals surface area contributed by atoms with Gasteiger partial charge in [-0.25, -0.2) is 0 Å². The molecule has 2 heterocycles. The van der Waals surface area contributed by atoms with Crippen LogP contribution in [0.15, 0.2) is 16.9 Å². The number of aryl methyl sites for hydroxylation is 3. The molecule has 0 aliphatic rings. The quantitative estimate of drug-likeness (QED) is 0.682. The van der Waals surface area contributed by atoms with Crippen molar-refractivity contribution in [2.75, 3.05) is 0 Å². The summed E-state index contributed by atoms with van der Waals surface area (Å²) in [6.07, 6.45) is 0.688. The van der Waals surface area contributed by atoms with Crippen LogP contribution >= 0.6 is 22.9 Å². The van der Waals surface area contributed by atoms with Gasteiger partial charge in [-0.05, 0) is 24.6 Å². The predicted molar refractivity (Wildman–Crippen MR) is 84.4 cm³/mol. The molecule has 5 nitrogen and oxygen atoms in total. The summed E-state index contributed by atoms with van der Waals surface area (Å²) in [5, 5.41) is 4.65. The Hall–Kier alpha value is -1.92. The van der Waals surface area contributed by atoms with Crippen molar-refractivity contribution in [1.29, 1.82) is 0 Å². The molecule has 3 rings (SSSR count). The van der Waals surface area contributed by atoms with Gasteiger partial charge < -0.3 is 4.57 Å². The van der Waals surface area contributed by atoms with E-state index in [-0.39, 0.29) is 4.87 Å². The fraction of sp³-hybridized carbons (Fsp3) is 0.214. The number of fused-ring (bicyclic) bond motifs is 1. The normalized spacial score (nSPS) is 11.2. The molecular weight excluding hydrogens is 310 g/mol. The summed E-state index contributed by atoms with van der Waals surface area (Å²) in [6, 6.07) is 3.84. The predicted octanol–water partition coefficient (Wildman–Crippen LogP) is 2.77. The molecular formula is C14H12ClN3O2S. The number of benzene rings is 1. The summed E-state index contributed by atoms with van der Waals surface area (Å²) < 4.78 is 3.98. The first-order valence-electron chi connectivity index (χ1n) is 6.22. The van der Waals surface area contributed by atoms with Crippen LogP contribution in [0, 0.1) is 6.92 Å². The zero-order chi connectivity index (χ0) is 15.3. The molecule has 3 aromatic rings. The molecule has 0 unspecified atom stereocenters. The smallest absolute Gasteiger partial charge is 0.302 e. The third kappa shape index (κ3) is 2.02. The van der Waals surface area contributed by atoms with E-state index in [2.05, 4.69) is 5.10 Å². The average Bonchev–Trinajstić information content (AvgIpc) is 2.86. The Morgan fingerprint density at radius 2 is 2.05 bits per heavy atom. The van der Waals surface area contributed by atoms with Crippen LogP contribution in [0.1, 0.15) is 16.1 Å². The van der Waals surface area contributed by atoms with E-state index in [9.17, 15) is 9.59 Å². The maximum absolute atomic E-state index is 11.8. The van der Waals surface area contributed by atoms with Gasteiger partial charge in [0.05, 0.1) is 15.2 Å². The van der Waals surface area contributed by atoms with Crippen molar-refractivity contribution in [2.24, 2.45) is 14.1 Å². The van der Waals surface area contributed by atoms with E-state index in [1.54, 1.807) is 18.7 Å². The Balaban J connectivity index is 2.34. The molecule has 21 heavy (non-hydrogen) atoms. The summed E-state index contributed by atoms with van der Waals surface area (Å²) in [5.74, 6) is 0. The van der Waals surface area contributed by atoms with Gasteiger partial charge in [0, 0.05) is 19.7 Å². The van der Waals surface area contributed by atoms with E-state index in [4.69, 9.17) is 11.6 Å². The lowest BCUT2D eigenvalue weighted by Gasteiger charge is -2.05. The number of rotatable bonds is 2. The van der Waals surface area contributed by atoms with Gasteiger partial charge in [0.1, 0.15) is 11.4 Å². The number of hydrogen-bond acceptors (Lipinski definition) is 4. The van der Waals surface area contributed by atoms with Crippen LogP contribution in [-0.4, -0.2) is 20.6 Å². The fourth-order valence-corrected chi connectivity index (χ4v) is 3.61. The van der Waals surface area contributed by atoms with Crippen molar-refractivity contribution in [3.63, 3.8) is 0 Å². The van der Waals surface area contributed by atoms with E-state index in [0.717, 1.165) is 21.3 Å². The number of aromatic nitrogens is 3. The van der Waals surface area contributed by atoms with Gasteiger partial charge in [-0.15, -0.1) is 0 Å². The summed E-state index contributed by atoms with van der Waals surface area (Å²) >= 11 is 7.46. The maximum Gasteiger partial charge on any atom is 0.307 e. The molecule has 0 fully saturated rings. The number of carbonyl (C=O) groups is 1. The first kappa shape index (κ1) is 14.0. The monoisotopic (exact) mass is 321 g/mol. The molecule has 108 valence electrons. The molecule has 7 heteroatoms. The van der Waals surface area contributed by atoms with Crippen LogP contribution in [-0.2, 0) is 14.1 Å². The molecule has 0 bridgehead atoms. The van der Waals surface area contributed by atoms with Gasteiger partial charge in [-0.1, -0.05) is 22.9 Å². The van der Waals surface area contributed by atoms with Gasteiger partial charge in [0.25, 0.3) is 0 Å². The lowest BCUT2D eigenvalue weighted by atomic mass is 10.0. The molecule has 0 amide bonds. The second-order valence-electron chi connectivity index (χ2n) is 4.85. The highest BCUT2D eigenvalue weighted by molar-refractivity contribution is 7.16. The lowest BCUT2D eigenvalue weighted by molar-refractivity contribution is 0.111. The number of carbonyl (C=O) groups excluding carboxylic acids is 1. The van der Waals surface area contributed by atoms with E-state index in [0.29, 0.717) is 22.7 Å². The summed E-state index contributed by atoms with van der Waals surface area (Å²) in [7, 11) is 3.41. The van der Waals surface area contributed by atoms with Crippen molar-refractivity contribution in [1.82, 2.24) is 14.3 Å². The molecule has 0 spiro atoms. The van der Waals surface area contributed by atoms with Gasteiger partial charge in [0.2, 0.25) is 0 Å². The standard InChI is InChI=1S/C14H12ClN3O2S/c1-7-4-11-9(17(2)14(20)21-11)5-8(7)13-12(15)10(6-19)18(3)16-13/h4-6H,1-3H3. The fourth-order valence-electron chi connectivity index (χ4n) is 2.34. The third-order valence-electron chi connectivity index (χ3n) is 3.54. The van der Waals surface area contributed by atoms with Gasteiger partial charge >= 0.3 is 4.87 Å². The minimum absolute atomic E-state index is 0.0118. The van der Waals surface area contributed by atoms with Crippen LogP contribution in [0.5, 0.6) is 0 Å². The second kappa shape index (κ2) is 4.82. The van der Waals surface area contributed by atoms with Crippen molar-refractivity contribution < 1.29 is 4.79 Å². The first-order valence-corrected chi connectivity index (χ1v) is 7.41. The van der Waals surface area contributed by atoms with Gasteiger partial charge in [-0.2, -0.15) is 5.10 Å². The Bertz CT molecular complexity index is 936. The van der Waals surface area contributed by atoms with Crippen LogP contribution < -0.4 is 4.87 Å². The van der Waals surface area contributed by atoms with E-state index in [1.165, 1.54) is 16.0 Å². The van der Waals surface area contributed by atoms with E-state index >= 15 is 0 Å². The topological polar surface area (TPSA) is 56.9 Å². The minimum Gasteiger partial charge on any atom is -0.302 e. The van der Waals surface area contributed by atoms with Crippen LogP contribution in [0.3, 0.4) is 0 Å². The molecule has 0 aliphatic carbocycles. The number of halogens is 1. The first-order chi connectivity index (χ1) is 9.93. The minimum atomic E-state index is -0.0118. The van der Waals surface area contributed by atoms with E-state index < -0.39 is 0 Å². The molecule has 0 radical (unpaired) electrons. The Labute approximate surface area is 129 Å². The Kier molecular flexibility index (Phi) is 3.22. The molecule has 1 aromatic carbocycles. The number of aldehydes is 1. The average molecular weight is 322 g/mol. The summed E-state index contributed by atoms with van der Waals surface area (Å²) in [4.78, 5) is 22.8. The molecule has 0 atom stereocenters. The summed E-state index contributed by atoms with van der Waals surface area (Å²) in [6.45, 7) is 1.94. The van der Waals surface area contributed by atoms with Crippen molar-refractivity contribution in [3.05, 3.63) is 38.1 Å². The van der Waals surface area contributed by atoms with Crippen LogP contribution in [0.25, 0.3) is 21.5 Å². The highest BCUT2D eigenvalue weighted by Gasteiger charge is 2.18. The largest absolute Gasteiger partial charge is 0.307 e. The number of hydrogen-bond donors (Lipinski definition) is 0. The molecule has 0 saturated carbocycles. The number of thiazole rings is 1. The third-order valence-corrected chi connectivity index (χ3v) is 4.90. The second-order valence-corrected chi connectivity index (χ2v) is 6.22. The van der Waals surface area contributed by atoms with E-state index in [1.807, 2.05) is 19.1 Å².